The van der Waals surface area contributed by atoms with E-state index in [0.717, 1.165) is 26.9 Å². The van der Waals surface area contributed by atoms with E-state index in [1.165, 1.54) is 11.3 Å². The molecule has 0 spiro atoms. The van der Waals surface area contributed by atoms with Crippen LogP contribution in [-0.4, -0.2) is 9.97 Å². The molecule has 1 aromatic carbocycles. The molecule has 0 amide bonds. The number of aromatic amines is 1. The van der Waals surface area contributed by atoms with Crippen molar-refractivity contribution in [1.82, 2.24) is 9.97 Å². The summed E-state index contributed by atoms with van der Waals surface area (Å²) in [5.74, 6) is 0.638. The van der Waals surface area contributed by atoms with Crippen molar-refractivity contribution in [2.75, 3.05) is 0 Å². The lowest BCUT2D eigenvalue weighted by Gasteiger charge is -2.17. The predicted octanol–water partition coefficient (Wildman–Crippen LogP) is 4.26. The van der Waals surface area contributed by atoms with Crippen molar-refractivity contribution in [2.45, 2.75) is 33.1 Å². The quantitative estimate of drug-likeness (QED) is 0.729. The highest BCUT2D eigenvalue weighted by atomic mass is 32.1. The van der Waals surface area contributed by atoms with Crippen molar-refractivity contribution >= 4 is 21.6 Å². The summed E-state index contributed by atoms with van der Waals surface area (Å²) in [7, 11) is 0. The van der Waals surface area contributed by atoms with Crippen LogP contribution in [0.2, 0.25) is 0 Å². The first-order valence-corrected chi connectivity index (χ1v) is 7.83. The van der Waals surface area contributed by atoms with Gasteiger partial charge in [-0.2, -0.15) is 0 Å². The molecule has 108 valence electrons. The fourth-order valence-electron chi connectivity index (χ4n) is 2.43. The van der Waals surface area contributed by atoms with Gasteiger partial charge in [0, 0.05) is 5.56 Å². The van der Waals surface area contributed by atoms with Crippen molar-refractivity contribution in [3.63, 3.8) is 0 Å². The first-order chi connectivity index (χ1) is 9.86. The van der Waals surface area contributed by atoms with E-state index in [1.54, 1.807) is 0 Å². The minimum Gasteiger partial charge on any atom is -0.306 e. The zero-order valence-electron chi connectivity index (χ0n) is 12.7. The van der Waals surface area contributed by atoms with Gasteiger partial charge in [-0.05, 0) is 29.3 Å². The summed E-state index contributed by atoms with van der Waals surface area (Å²) >= 11 is 1.54. The fourth-order valence-corrected chi connectivity index (χ4v) is 3.60. The second kappa shape index (κ2) is 4.81. The lowest BCUT2D eigenvalue weighted by atomic mass is 9.87. The monoisotopic (exact) mass is 298 g/mol. The molecule has 2 heterocycles. The number of aryl methyl sites for hydroxylation is 1. The minimum absolute atomic E-state index is 0.0531. The van der Waals surface area contributed by atoms with Crippen LogP contribution in [0.4, 0.5) is 0 Å². The summed E-state index contributed by atoms with van der Waals surface area (Å²) in [6.45, 7) is 8.37. The van der Waals surface area contributed by atoms with Gasteiger partial charge >= 0.3 is 0 Å². The molecule has 2 aromatic heterocycles. The lowest BCUT2D eigenvalue weighted by molar-refractivity contribution is 0.597. The maximum Gasteiger partial charge on any atom is 0.260 e. The van der Waals surface area contributed by atoms with E-state index < -0.39 is 0 Å². The van der Waals surface area contributed by atoms with Crippen LogP contribution in [0.15, 0.2) is 34.4 Å². The third kappa shape index (κ3) is 2.51. The molecule has 0 aliphatic rings. The molecule has 3 aromatic rings. The molecule has 4 heteroatoms. The number of benzene rings is 1. The molecule has 0 radical (unpaired) electrons. The van der Waals surface area contributed by atoms with E-state index in [9.17, 15) is 4.79 Å². The Hall–Kier alpha value is -1.94. The number of rotatable bonds is 1. The molecule has 0 unspecified atom stereocenters. The number of thiophene rings is 1. The van der Waals surface area contributed by atoms with Gasteiger partial charge in [-0.3, -0.25) is 4.79 Å². The Morgan fingerprint density at radius 2 is 2.00 bits per heavy atom. The highest BCUT2D eigenvalue weighted by molar-refractivity contribution is 7.16. The van der Waals surface area contributed by atoms with Gasteiger partial charge in [-0.25, -0.2) is 4.98 Å². The van der Waals surface area contributed by atoms with Crippen molar-refractivity contribution in [3.8, 4) is 11.4 Å². The molecular weight excluding hydrogens is 280 g/mol. The van der Waals surface area contributed by atoms with Crippen LogP contribution in [0.5, 0.6) is 0 Å². The summed E-state index contributed by atoms with van der Waals surface area (Å²) in [5.41, 5.74) is 3.05. The maximum atomic E-state index is 12.5. The second-order valence-electron chi connectivity index (χ2n) is 6.36. The Morgan fingerprint density at radius 3 is 2.67 bits per heavy atom. The van der Waals surface area contributed by atoms with E-state index in [0.29, 0.717) is 5.82 Å². The number of hydrogen-bond acceptors (Lipinski definition) is 3. The molecule has 0 aliphatic carbocycles. The van der Waals surface area contributed by atoms with Crippen LogP contribution in [0.1, 0.15) is 31.9 Å². The average molecular weight is 298 g/mol. The fraction of sp³-hybridized carbons (Fsp3) is 0.294. The number of hydrogen-bond donors (Lipinski definition) is 1. The van der Waals surface area contributed by atoms with E-state index in [1.807, 2.05) is 36.6 Å². The standard InChI is InChI=1S/C17H18N2OS/c1-10-6-5-7-11(8-10)14-18-15(20)13-12(17(2,3)4)9-21-16(13)19-14/h5-9H,1-4H3,(H,18,19,20). The van der Waals surface area contributed by atoms with Gasteiger partial charge in [0.1, 0.15) is 10.7 Å². The van der Waals surface area contributed by atoms with Crippen LogP contribution < -0.4 is 5.56 Å². The molecule has 0 aliphatic heterocycles. The number of fused-ring (bicyclic) bond motifs is 1. The topological polar surface area (TPSA) is 45.8 Å². The van der Waals surface area contributed by atoms with Gasteiger partial charge < -0.3 is 4.98 Å². The van der Waals surface area contributed by atoms with Gasteiger partial charge in [0.25, 0.3) is 5.56 Å². The van der Waals surface area contributed by atoms with Crippen LogP contribution >= 0.6 is 11.3 Å². The molecule has 0 saturated heterocycles. The van der Waals surface area contributed by atoms with Gasteiger partial charge in [-0.15, -0.1) is 11.3 Å². The van der Waals surface area contributed by atoms with E-state index in [-0.39, 0.29) is 11.0 Å². The van der Waals surface area contributed by atoms with Crippen LogP contribution in [0, 0.1) is 6.92 Å². The zero-order valence-corrected chi connectivity index (χ0v) is 13.5. The first-order valence-electron chi connectivity index (χ1n) is 6.95. The highest BCUT2D eigenvalue weighted by Crippen LogP contribution is 2.32. The van der Waals surface area contributed by atoms with Crippen LogP contribution in [-0.2, 0) is 5.41 Å². The molecule has 1 N–H and O–H groups in total. The van der Waals surface area contributed by atoms with Crippen molar-refractivity contribution in [1.29, 1.82) is 0 Å². The van der Waals surface area contributed by atoms with Gasteiger partial charge in [0.2, 0.25) is 0 Å². The van der Waals surface area contributed by atoms with Crippen LogP contribution in [0.25, 0.3) is 21.6 Å². The molecule has 0 atom stereocenters. The normalized spacial score (nSPS) is 12.0. The summed E-state index contributed by atoms with van der Waals surface area (Å²) in [6.07, 6.45) is 0. The van der Waals surface area contributed by atoms with Gasteiger partial charge in [0.05, 0.1) is 5.39 Å². The Labute approximate surface area is 127 Å². The third-order valence-corrected chi connectivity index (χ3v) is 4.42. The Bertz CT molecular complexity index is 868. The molecule has 0 saturated carbocycles. The van der Waals surface area contributed by atoms with E-state index in [4.69, 9.17) is 0 Å². The van der Waals surface area contributed by atoms with Gasteiger partial charge in [-0.1, -0.05) is 44.5 Å². The Kier molecular flexibility index (Phi) is 3.21. The summed E-state index contributed by atoms with van der Waals surface area (Å²) in [5, 5.41) is 2.77. The molecule has 3 nitrogen and oxygen atoms in total. The third-order valence-electron chi connectivity index (χ3n) is 3.54. The number of aromatic nitrogens is 2. The van der Waals surface area contributed by atoms with Crippen molar-refractivity contribution < 1.29 is 0 Å². The SMILES string of the molecule is Cc1cccc(-c2nc3scc(C(C)(C)C)c3c(=O)[nH]2)c1. The molecular formula is C17H18N2OS. The van der Waals surface area contributed by atoms with E-state index in [2.05, 4.69) is 30.7 Å². The summed E-state index contributed by atoms with van der Waals surface area (Å²) < 4.78 is 0. The van der Waals surface area contributed by atoms with Crippen molar-refractivity contribution in [2.24, 2.45) is 0 Å². The van der Waals surface area contributed by atoms with Crippen molar-refractivity contribution in [3.05, 3.63) is 51.1 Å². The second-order valence-corrected chi connectivity index (χ2v) is 7.22. The van der Waals surface area contributed by atoms with Gasteiger partial charge in [0.15, 0.2) is 0 Å². The van der Waals surface area contributed by atoms with Crippen LogP contribution in [0.3, 0.4) is 0 Å². The highest BCUT2D eigenvalue weighted by Gasteiger charge is 2.21. The molecule has 0 bridgehead atoms. The smallest absolute Gasteiger partial charge is 0.260 e. The zero-order chi connectivity index (χ0) is 15.2. The molecule has 0 fully saturated rings. The molecule has 21 heavy (non-hydrogen) atoms. The summed E-state index contributed by atoms with van der Waals surface area (Å²) in [4.78, 5) is 20.9. The predicted molar refractivity (Wildman–Crippen MR) is 89.1 cm³/mol. The lowest BCUT2D eigenvalue weighted by Crippen LogP contribution is -2.16. The maximum absolute atomic E-state index is 12.5. The minimum atomic E-state index is -0.0578. The summed E-state index contributed by atoms with van der Waals surface area (Å²) in [6, 6.07) is 8.00. The first kappa shape index (κ1) is 14.0. The number of nitrogens with one attached hydrogen (secondary N) is 1. The number of nitrogens with zero attached hydrogens (tertiary/aromatic N) is 1. The number of H-pyrrole nitrogens is 1. The largest absolute Gasteiger partial charge is 0.306 e. The Morgan fingerprint density at radius 1 is 1.24 bits per heavy atom. The average Bonchev–Trinajstić information content (AvgIpc) is 2.83. The molecule has 3 rings (SSSR count). The van der Waals surface area contributed by atoms with E-state index >= 15 is 0 Å². The Balaban J connectivity index is 2.24.